The lowest BCUT2D eigenvalue weighted by Gasteiger charge is -2.16. The zero-order valence-corrected chi connectivity index (χ0v) is 19.1. The van der Waals surface area contributed by atoms with Gasteiger partial charge in [0, 0.05) is 30.3 Å². The van der Waals surface area contributed by atoms with E-state index in [2.05, 4.69) is 29.9 Å². The van der Waals surface area contributed by atoms with E-state index in [-0.39, 0.29) is 6.10 Å². The van der Waals surface area contributed by atoms with Crippen LogP contribution in [0.25, 0.3) is 10.7 Å². The second kappa shape index (κ2) is 10.5. The number of hydrogen-bond donors (Lipinski definition) is 1. The summed E-state index contributed by atoms with van der Waals surface area (Å²) in [5, 5.41) is 9.24. The van der Waals surface area contributed by atoms with E-state index in [9.17, 15) is 9.90 Å². The molecular formula is C24H28N2O4S. The first-order valence-corrected chi connectivity index (χ1v) is 11.2. The fraction of sp³-hybridized carbons (Fsp3) is 0.375. The molecule has 2 atom stereocenters. The van der Waals surface area contributed by atoms with Crippen molar-refractivity contribution in [3.63, 3.8) is 0 Å². The number of carboxylic acid groups (broad SMARTS) is 1. The predicted octanol–water partition coefficient (Wildman–Crippen LogP) is 5.25. The summed E-state index contributed by atoms with van der Waals surface area (Å²) in [5.74, 6) is 0.515. The quantitative estimate of drug-likeness (QED) is 0.464. The summed E-state index contributed by atoms with van der Waals surface area (Å²) >= 11 is 1.64. The van der Waals surface area contributed by atoms with Crippen molar-refractivity contribution < 1.29 is 19.4 Å². The Morgan fingerprint density at radius 3 is 2.39 bits per heavy atom. The maximum atomic E-state index is 11.3. The highest BCUT2D eigenvalue weighted by molar-refractivity contribution is 7.15. The number of thiophene rings is 1. The summed E-state index contributed by atoms with van der Waals surface area (Å²) in [6.45, 7) is 8.33. The summed E-state index contributed by atoms with van der Waals surface area (Å²) in [4.78, 5) is 22.4. The number of aromatic nitrogens is 2. The normalized spacial score (nSPS) is 13.0. The molecule has 6 nitrogen and oxygen atoms in total. The standard InChI is InChI=1S/C24H28N2O4S/c1-5-17-13-25-23(26-14-17)21-11-15(3)22(31-21)16(4)30-19-9-7-18(8-10-19)12-20(24(27)28)29-6-2/h7-11,13-14,16,20H,5-6,12H2,1-4H3,(H,27,28)/t16?,20-/m0/s1. The van der Waals surface area contributed by atoms with E-state index in [1.54, 1.807) is 18.3 Å². The van der Waals surface area contributed by atoms with Gasteiger partial charge in [0.05, 0.1) is 4.88 Å². The van der Waals surface area contributed by atoms with Gasteiger partial charge in [0.1, 0.15) is 11.9 Å². The Labute approximate surface area is 186 Å². The van der Waals surface area contributed by atoms with E-state index in [4.69, 9.17) is 9.47 Å². The summed E-state index contributed by atoms with van der Waals surface area (Å²) in [6, 6.07) is 9.60. The van der Waals surface area contributed by atoms with Crippen molar-refractivity contribution in [1.29, 1.82) is 0 Å². The van der Waals surface area contributed by atoms with Gasteiger partial charge in [-0.15, -0.1) is 11.3 Å². The van der Waals surface area contributed by atoms with Gasteiger partial charge in [0.15, 0.2) is 11.9 Å². The van der Waals surface area contributed by atoms with Crippen molar-refractivity contribution in [2.45, 2.75) is 52.7 Å². The summed E-state index contributed by atoms with van der Waals surface area (Å²) < 4.78 is 11.4. The molecule has 0 bridgehead atoms. The Hall–Kier alpha value is -2.77. The van der Waals surface area contributed by atoms with Crippen molar-refractivity contribution in [3.05, 3.63) is 64.3 Å². The third kappa shape index (κ3) is 5.89. The summed E-state index contributed by atoms with van der Waals surface area (Å²) in [5.41, 5.74) is 3.16. The lowest BCUT2D eigenvalue weighted by Crippen LogP contribution is -2.26. The molecule has 0 radical (unpaired) electrons. The third-order valence-corrected chi connectivity index (χ3v) is 6.35. The van der Waals surface area contributed by atoms with Crippen molar-refractivity contribution >= 4 is 17.3 Å². The molecule has 0 spiro atoms. The van der Waals surface area contributed by atoms with Crippen molar-refractivity contribution in [3.8, 4) is 16.5 Å². The molecule has 3 rings (SSSR count). The molecule has 0 amide bonds. The number of benzene rings is 1. The number of aryl methyl sites for hydroxylation is 2. The number of carboxylic acids is 1. The van der Waals surface area contributed by atoms with Crippen molar-refractivity contribution in [2.75, 3.05) is 6.61 Å². The molecule has 164 valence electrons. The minimum Gasteiger partial charge on any atom is -0.485 e. The van der Waals surface area contributed by atoms with Gasteiger partial charge < -0.3 is 14.6 Å². The largest absolute Gasteiger partial charge is 0.485 e. The van der Waals surface area contributed by atoms with E-state index < -0.39 is 12.1 Å². The predicted molar refractivity (Wildman–Crippen MR) is 122 cm³/mol. The molecule has 0 saturated carbocycles. The number of nitrogens with zero attached hydrogens (tertiary/aromatic N) is 2. The molecule has 3 aromatic rings. The van der Waals surface area contributed by atoms with Gasteiger partial charge >= 0.3 is 5.97 Å². The van der Waals surface area contributed by atoms with Gasteiger partial charge in [0.25, 0.3) is 0 Å². The molecular weight excluding hydrogens is 412 g/mol. The lowest BCUT2D eigenvalue weighted by molar-refractivity contribution is -0.149. The fourth-order valence-electron chi connectivity index (χ4n) is 3.27. The van der Waals surface area contributed by atoms with Crippen LogP contribution in [-0.2, 0) is 22.4 Å². The molecule has 2 heterocycles. The number of carbonyl (C=O) groups is 1. The molecule has 31 heavy (non-hydrogen) atoms. The van der Waals surface area contributed by atoms with Gasteiger partial charge in [-0.1, -0.05) is 19.1 Å². The molecule has 1 aromatic carbocycles. The second-order valence-corrected chi connectivity index (χ2v) is 8.40. The number of hydrogen-bond acceptors (Lipinski definition) is 6. The van der Waals surface area contributed by atoms with E-state index in [1.165, 1.54) is 0 Å². The zero-order chi connectivity index (χ0) is 22.4. The average Bonchev–Trinajstić information content (AvgIpc) is 3.16. The first-order valence-electron chi connectivity index (χ1n) is 10.4. The van der Waals surface area contributed by atoms with Crippen LogP contribution >= 0.6 is 11.3 Å². The highest BCUT2D eigenvalue weighted by Gasteiger charge is 2.19. The van der Waals surface area contributed by atoms with Crippen LogP contribution < -0.4 is 4.74 Å². The average molecular weight is 441 g/mol. The van der Waals surface area contributed by atoms with Crippen LogP contribution in [0.3, 0.4) is 0 Å². The molecule has 0 aliphatic carbocycles. The Kier molecular flexibility index (Phi) is 7.76. The molecule has 0 fully saturated rings. The van der Waals surface area contributed by atoms with Gasteiger partial charge in [-0.2, -0.15) is 0 Å². The smallest absolute Gasteiger partial charge is 0.333 e. The number of aliphatic carboxylic acids is 1. The number of ether oxygens (including phenoxy) is 2. The minimum atomic E-state index is -0.951. The van der Waals surface area contributed by atoms with E-state index in [0.29, 0.717) is 13.0 Å². The third-order valence-electron chi connectivity index (χ3n) is 4.96. The van der Waals surface area contributed by atoms with Crippen molar-refractivity contribution in [2.24, 2.45) is 0 Å². The molecule has 1 unspecified atom stereocenters. The highest BCUT2D eigenvalue weighted by atomic mass is 32.1. The van der Waals surface area contributed by atoms with Crippen LogP contribution in [0.1, 0.15) is 48.4 Å². The van der Waals surface area contributed by atoms with Gasteiger partial charge in [-0.05, 0) is 62.1 Å². The fourth-order valence-corrected chi connectivity index (χ4v) is 4.37. The first-order chi connectivity index (χ1) is 14.9. The van der Waals surface area contributed by atoms with Crippen LogP contribution in [0.4, 0.5) is 0 Å². The molecule has 0 aliphatic rings. The molecule has 0 saturated heterocycles. The van der Waals surface area contributed by atoms with Gasteiger partial charge in [0.2, 0.25) is 0 Å². The molecule has 7 heteroatoms. The SMILES string of the molecule is CCO[C@@H](Cc1ccc(OC(C)c2sc(-c3ncc(CC)cn3)cc2C)cc1)C(=O)O. The highest BCUT2D eigenvalue weighted by Crippen LogP contribution is 2.35. The molecule has 0 aliphatic heterocycles. The van der Waals surface area contributed by atoms with Crippen LogP contribution in [-0.4, -0.2) is 33.8 Å². The van der Waals surface area contributed by atoms with E-state index >= 15 is 0 Å². The first kappa shape index (κ1) is 22.9. The van der Waals surface area contributed by atoms with Crippen LogP contribution in [0, 0.1) is 6.92 Å². The molecule has 2 aromatic heterocycles. The summed E-state index contributed by atoms with van der Waals surface area (Å²) in [6.07, 6.45) is 4.02. The van der Waals surface area contributed by atoms with Crippen molar-refractivity contribution in [1.82, 2.24) is 9.97 Å². The Balaban J connectivity index is 1.67. The van der Waals surface area contributed by atoms with E-state index in [0.717, 1.165) is 44.4 Å². The number of rotatable bonds is 10. The Morgan fingerprint density at radius 2 is 1.81 bits per heavy atom. The van der Waals surface area contributed by atoms with Crippen LogP contribution in [0.15, 0.2) is 42.7 Å². The Bertz CT molecular complexity index is 999. The van der Waals surface area contributed by atoms with Crippen LogP contribution in [0.5, 0.6) is 5.75 Å². The lowest BCUT2D eigenvalue weighted by atomic mass is 10.1. The van der Waals surface area contributed by atoms with E-state index in [1.807, 2.05) is 43.6 Å². The second-order valence-electron chi connectivity index (χ2n) is 7.32. The molecule has 1 N–H and O–H groups in total. The van der Waals surface area contributed by atoms with Gasteiger partial charge in [-0.3, -0.25) is 0 Å². The monoisotopic (exact) mass is 440 g/mol. The summed E-state index contributed by atoms with van der Waals surface area (Å²) in [7, 11) is 0. The maximum Gasteiger partial charge on any atom is 0.333 e. The Morgan fingerprint density at radius 1 is 1.13 bits per heavy atom. The maximum absolute atomic E-state index is 11.3. The van der Waals surface area contributed by atoms with Gasteiger partial charge in [-0.25, -0.2) is 14.8 Å². The van der Waals surface area contributed by atoms with Crippen LogP contribution in [0.2, 0.25) is 0 Å². The topological polar surface area (TPSA) is 81.5 Å². The zero-order valence-electron chi connectivity index (χ0n) is 18.3. The minimum absolute atomic E-state index is 0.130.